The molecular formula is C11H15N3O. The molecule has 0 saturated heterocycles. The van der Waals surface area contributed by atoms with Crippen LogP contribution in [0, 0.1) is 0 Å². The first kappa shape index (κ1) is 10.1. The van der Waals surface area contributed by atoms with Crippen LogP contribution in [0.1, 0.15) is 18.4 Å². The van der Waals surface area contributed by atoms with Gasteiger partial charge in [-0.1, -0.05) is 0 Å². The number of amides is 1. The zero-order chi connectivity index (χ0) is 10.7. The molecule has 1 aliphatic rings. The predicted molar refractivity (Wildman–Crippen MR) is 57.1 cm³/mol. The minimum atomic E-state index is 0.0877. The second-order valence-corrected chi connectivity index (χ2v) is 3.93. The maximum Gasteiger partial charge on any atom is 0.220 e. The topological polar surface area (TPSA) is 68.0 Å². The highest BCUT2D eigenvalue weighted by Crippen LogP contribution is 2.17. The summed E-state index contributed by atoms with van der Waals surface area (Å²) >= 11 is 0. The summed E-state index contributed by atoms with van der Waals surface area (Å²) in [4.78, 5) is 15.4. The van der Waals surface area contributed by atoms with Crippen molar-refractivity contribution in [3.05, 3.63) is 30.1 Å². The first-order chi connectivity index (χ1) is 7.25. The van der Waals surface area contributed by atoms with Crippen molar-refractivity contribution in [1.82, 2.24) is 10.3 Å². The van der Waals surface area contributed by atoms with Gasteiger partial charge in [0.05, 0.1) is 0 Å². The Hall–Kier alpha value is -1.42. The number of rotatable bonds is 4. The third-order valence-electron chi connectivity index (χ3n) is 2.58. The van der Waals surface area contributed by atoms with Crippen molar-refractivity contribution in [3.8, 4) is 0 Å². The number of nitrogens with two attached hydrogens (primary N) is 1. The Morgan fingerprint density at radius 3 is 2.80 bits per heavy atom. The van der Waals surface area contributed by atoms with E-state index in [1.165, 1.54) is 0 Å². The highest BCUT2D eigenvalue weighted by molar-refractivity contribution is 5.77. The lowest BCUT2D eigenvalue weighted by molar-refractivity contribution is -0.121. The van der Waals surface area contributed by atoms with Crippen molar-refractivity contribution in [3.63, 3.8) is 0 Å². The highest BCUT2D eigenvalue weighted by atomic mass is 16.1. The second-order valence-electron chi connectivity index (χ2n) is 3.93. The maximum absolute atomic E-state index is 11.4. The summed E-state index contributed by atoms with van der Waals surface area (Å²) in [7, 11) is 0. The summed E-state index contributed by atoms with van der Waals surface area (Å²) in [6, 6.07) is 4.25. The Kier molecular flexibility index (Phi) is 2.97. The fourth-order valence-electron chi connectivity index (χ4n) is 1.47. The molecule has 4 heteroatoms. The molecule has 0 radical (unpaired) electrons. The van der Waals surface area contributed by atoms with Crippen molar-refractivity contribution < 1.29 is 4.79 Å². The number of carbonyl (C=O) groups is 1. The maximum atomic E-state index is 11.4. The molecule has 2 atom stereocenters. The number of pyridine rings is 1. The van der Waals surface area contributed by atoms with E-state index in [4.69, 9.17) is 5.73 Å². The van der Waals surface area contributed by atoms with Gasteiger partial charge in [-0.3, -0.25) is 9.78 Å². The number of aromatic nitrogens is 1. The van der Waals surface area contributed by atoms with Crippen molar-refractivity contribution in [2.45, 2.75) is 31.3 Å². The standard InChI is InChI=1S/C11H15N3O/c12-9-7-10(9)14-11(15)2-1-8-3-5-13-6-4-8/h3-6,9-10H,1-2,7,12H2,(H,14,15). The molecule has 0 aromatic carbocycles. The summed E-state index contributed by atoms with van der Waals surface area (Å²) in [5.41, 5.74) is 6.74. The van der Waals surface area contributed by atoms with Crippen LogP contribution < -0.4 is 11.1 Å². The van der Waals surface area contributed by atoms with E-state index in [1.807, 2.05) is 12.1 Å². The zero-order valence-corrected chi connectivity index (χ0v) is 8.52. The van der Waals surface area contributed by atoms with Crippen LogP contribution in [0.3, 0.4) is 0 Å². The molecule has 3 N–H and O–H groups in total. The van der Waals surface area contributed by atoms with Gasteiger partial charge in [0.25, 0.3) is 0 Å². The van der Waals surface area contributed by atoms with E-state index in [0.29, 0.717) is 6.42 Å². The highest BCUT2D eigenvalue weighted by Gasteiger charge is 2.34. The molecule has 1 heterocycles. The number of nitrogens with zero attached hydrogens (tertiary/aromatic N) is 1. The Bertz CT molecular complexity index is 339. The molecule has 0 bridgehead atoms. The fourth-order valence-corrected chi connectivity index (χ4v) is 1.47. The third-order valence-corrected chi connectivity index (χ3v) is 2.58. The molecule has 2 unspecified atom stereocenters. The van der Waals surface area contributed by atoms with Gasteiger partial charge in [0, 0.05) is 30.9 Å². The zero-order valence-electron chi connectivity index (χ0n) is 8.52. The summed E-state index contributed by atoms with van der Waals surface area (Å²) in [5.74, 6) is 0.0877. The SMILES string of the molecule is NC1CC1NC(=O)CCc1ccncc1. The Morgan fingerprint density at radius 2 is 2.20 bits per heavy atom. The van der Waals surface area contributed by atoms with E-state index < -0.39 is 0 Å². The van der Waals surface area contributed by atoms with Crippen LogP contribution >= 0.6 is 0 Å². The number of carbonyl (C=O) groups excluding carboxylic acids is 1. The average Bonchev–Trinajstić information content (AvgIpc) is 2.93. The molecule has 0 spiro atoms. The van der Waals surface area contributed by atoms with Gasteiger partial charge in [0.15, 0.2) is 0 Å². The lowest BCUT2D eigenvalue weighted by Gasteiger charge is -2.03. The van der Waals surface area contributed by atoms with Crippen LogP contribution in [0.25, 0.3) is 0 Å². The van der Waals surface area contributed by atoms with Crippen LogP contribution in [0.5, 0.6) is 0 Å². The predicted octanol–water partition coefficient (Wildman–Crippen LogP) is 0.230. The Balaban J connectivity index is 1.71. The minimum absolute atomic E-state index is 0.0877. The van der Waals surface area contributed by atoms with Gasteiger partial charge in [-0.05, 0) is 30.5 Å². The Morgan fingerprint density at radius 1 is 1.53 bits per heavy atom. The van der Waals surface area contributed by atoms with Crippen LogP contribution in [0.2, 0.25) is 0 Å². The molecule has 1 aromatic rings. The van der Waals surface area contributed by atoms with E-state index in [0.717, 1.165) is 18.4 Å². The molecule has 2 rings (SSSR count). The minimum Gasteiger partial charge on any atom is -0.352 e. The number of hydrogen-bond donors (Lipinski definition) is 2. The van der Waals surface area contributed by atoms with Crippen LogP contribution in [0.15, 0.2) is 24.5 Å². The van der Waals surface area contributed by atoms with E-state index in [2.05, 4.69) is 10.3 Å². The normalized spacial score (nSPS) is 23.5. The molecule has 1 fully saturated rings. The van der Waals surface area contributed by atoms with E-state index in [-0.39, 0.29) is 18.0 Å². The number of nitrogens with one attached hydrogen (secondary N) is 1. The van der Waals surface area contributed by atoms with Crippen LogP contribution in [0.4, 0.5) is 0 Å². The van der Waals surface area contributed by atoms with Crippen LogP contribution in [-0.4, -0.2) is 23.0 Å². The van der Waals surface area contributed by atoms with Gasteiger partial charge >= 0.3 is 0 Å². The molecular weight excluding hydrogens is 190 g/mol. The summed E-state index contributed by atoms with van der Waals surface area (Å²) < 4.78 is 0. The van der Waals surface area contributed by atoms with Crippen molar-refractivity contribution >= 4 is 5.91 Å². The lowest BCUT2D eigenvalue weighted by Crippen LogP contribution is -2.29. The largest absolute Gasteiger partial charge is 0.352 e. The number of hydrogen-bond acceptors (Lipinski definition) is 3. The Labute approximate surface area is 88.9 Å². The first-order valence-electron chi connectivity index (χ1n) is 5.19. The summed E-state index contributed by atoms with van der Waals surface area (Å²) in [5, 5.41) is 2.89. The smallest absolute Gasteiger partial charge is 0.220 e. The monoisotopic (exact) mass is 205 g/mol. The molecule has 4 nitrogen and oxygen atoms in total. The van der Waals surface area contributed by atoms with Gasteiger partial charge in [-0.15, -0.1) is 0 Å². The molecule has 1 aliphatic carbocycles. The van der Waals surface area contributed by atoms with E-state index in [9.17, 15) is 4.79 Å². The summed E-state index contributed by atoms with van der Waals surface area (Å²) in [6.07, 6.45) is 5.68. The van der Waals surface area contributed by atoms with Crippen molar-refractivity contribution in [2.24, 2.45) is 5.73 Å². The van der Waals surface area contributed by atoms with Crippen molar-refractivity contribution in [1.29, 1.82) is 0 Å². The van der Waals surface area contributed by atoms with Crippen molar-refractivity contribution in [2.75, 3.05) is 0 Å². The second kappa shape index (κ2) is 4.40. The fraction of sp³-hybridized carbons (Fsp3) is 0.455. The lowest BCUT2D eigenvalue weighted by atomic mass is 10.1. The molecule has 0 aliphatic heterocycles. The molecule has 80 valence electrons. The van der Waals surface area contributed by atoms with Gasteiger partial charge in [-0.2, -0.15) is 0 Å². The summed E-state index contributed by atoms with van der Waals surface area (Å²) in [6.45, 7) is 0. The van der Waals surface area contributed by atoms with E-state index in [1.54, 1.807) is 12.4 Å². The molecule has 1 aromatic heterocycles. The van der Waals surface area contributed by atoms with Gasteiger partial charge in [0.1, 0.15) is 0 Å². The van der Waals surface area contributed by atoms with Gasteiger partial charge in [0.2, 0.25) is 5.91 Å². The van der Waals surface area contributed by atoms with Gasteiger partial charge < -0.3 is 11.1 Å². The number of aryl methyl sites for hydroxylation is 1. The van der Waals surface area contributed by atoms with E-state index >= 15 is 0 Å². The molecule has 1 amide bonds. The van der Waals surface area contributed by atoms with Crippen LogP contribution in [-0.2, 0) is 11.2 Å². The average molecular weight is 205 g/mol. The van der Waals surface area contributed by atoms with Gasteiger partial charge in [-0.25, -0.2) is 0 Å². The quantitative estimate of drug-likeness (QED) is 0.739. The first-order valence-corrected chi connectivity index (χ1v) is 5.19. The third kappa shape index (κ3) is 3.02. The molecule has 1 saturated carbocycles. The molecule has 15 heavy (non-hydrogen) atoms.